The van der Waals surface area contributed by atoms with Crippen LogP contribution in [0.2, 0.25) is 0 Å². The van der Waals surface area contributed by atoms with Crippen molar-refractivity contribution in [2.24, 2.45) is 0 Å². The fourth-order valence-corrected chi connectivity index (χ4v) is 4.81. The van der Waals surface area contributed by atoms with Crippen LogP contribution in [0.15, 0.2) is 74.5 Å². The first-order valence-corrected chi connectivity index (χ1v) is 11.5. The van der Waals surface area contributed by atoms with Crippen LogP contribution in [0.1, 0.15) is 18.2 Å². The van der Waals surface area contributed by atoms with Gasteiger partial charge in [-0.3, -0.25) is 14.2 Å². The predicted octanol–water partition coefficient (Wildman–Crippen LogP) is 4.24. The number of amides is 1. The standard InChI is InChI=1S/C22H21N3O3S2/c1-2-24(13-16-7-4-3-5-8-16)19(26)15-30-22-23-18-10-12-29-20(18)21(27)25(22)14-17-9-6-11-28-17/h3-12H,2,13-15H2,1H3. The van der Waals surface area contributed by atoms with E-state index in [1.54, 1.807) is 21.8 Å². The van der Waals surface area contributed by atoms with E-state index < -0.39 is 0 Å². The maximum atomic E-state index is 13.0. The molecule has 8 heteroatoms. The Kier molecular flexibility index (Phi) is 6.35. The van der Waals surface area contributed by atoms with Gasteiger partial charge in [0.2, 0.25) is 5.91 Å². The van der Waals surface area contributed by atoms with Gasteiger partial charge in [0.05, 0.1) is 24.1 Å². The number of carbonyl (C=O) groups is 1. The first-order valence-electron chi connectivity index (χ1n) is 9.60. The molecule has 0 spiro atoms. The molecule has 0 bridgehead atoms. The quantitative estimate of drug-likeness (QED) is 0.303. The minimum absolute atomic E-state index is 0.00978. The number of aromatic nitrogens is 2. The number of rotatable bonds is 8. The van der Waals surface area contributed by atoms with Crippen LogP contribution in [0.4, 0.5) is 0 Å². The summed E-state index contributed by atoms with van der Waals surface area (Å²) in [6.07, 6.45) is 1.58. The van der Waals surface area contributed by atoms with E-state index in [4.69, 9.17) is 4.42 Å². The number of benzene rings is 1. The van der Waals surface area contributed by atoms with Crippen molar-refractivity contribution >= 4 is 39.2 Å². The summed E-state index contributed by atoms with van der Waals surface area (Å²) in [7, 11) is 0. The lowest BCUT2D eigenvalue weighted by molar-refractivity contribution is -0.128. The second kappa shape index (κ2) is 9.32. The van der Waals surface area contributed by atoms with Crippen molar-refractivity contribution in [1.82, 2.24) is 14.5 Å². The number of nitrogens with zero attached hydrogens (tertiary/aromatic N) is 3. The Morgan fingerprint density at radius 3 is 2.77 bits per heavy atom. The summed E-state index contributed by atoms with van der Waals surface area (Å²) in [5.41, 5.74) is 1.63. The van der Waals surface area contributed by atoms with E-state index >= 15 is 0 Å². The molecule has 154 valence electrons. The highest BCUT2D eigenvalue weighted by atomic mass is 32.2. The van der Waals surface area contributed by atoms with Crippen LogP contribution in [0.5, 0.6) is 0 Å². The van der Waals surface area contributed by atoms with Crippen LogP contribution >= 0.6 is 23.1 Å². The van der Waals surface area contributed by atoms with Gasteiger partial charge in [-0.2, -0.15) is 0 Å². The largest absolute Gasteiger partial charge is 0.467 e. The monoisotopic (exact) mass is 439 g/mol. The predicted molar refractivity (Wildman–Crippen MR) is 120 cm³/mol. The Labute approximate surface area is 182 Å². The normalized spacial score (nSPS) is 11.1. The molecular formula is C22H21N3O3S2. The van der Waals surface area contributed by atoms with E-state index in [9.17, 15) is 9.59 Å². The van der Waals surface area contributed by atoms with Gasteiger partial charge in [-0.25, -0.2) is 4.98 Å². The minimum Gasteiger partial charge on any atom is -0.467 e. The summed E-state index contributed by atoms with van der Waals surface area (Å²) >= 11 is 2.66. The Balaban J connectivity index is 1.55. The molecule has 0 saturated carbocycles. The number of hydrogen-bond donors (Lipinski definition) is 0. The number of fused-ring (bicyclic) bond motifs is 1. The molecule has 0 atom stereocenters. The number of thiophene rings is 1. The fraction of sp³-hybridized carbons (Fsp3) is 0.227. The van der Waals surface area contributed by atoms with Gasteiger partial charge in [0.1, 0.15) is 10.5 Å². The summed E-state index contributed by atoms with van der Waals surface area (Å²) in [6, 6.07) is 15.4. The Hall–Kier alpha value is -2.84. The van der Waals surface area contributed by atoms with Gasteiger partial charge in [0.25, 0.3) is 5.56 Å². The summed E-state index contributed by atoms with van der Waals surface area (Å²) in [5.74, 6) is 0.888. The van der Waals surface area contributed by atoms with Crippen LogP contribution in [0.25, 0.3) is 10.2 Å². The average Bonchev–Trinajstić information content (AvgIpc) is 3.45. The lowest BCUT2D eigenvalue weighted by Crippen LogP contribution is -2.32. The molecule has 0 aliphatic rings. The average molecular weight is 440 g/mol. The van der Waals surface area contributed by atoms with Gasteiger partial charge in [-0.1, -0.05) is 42.1 Å². The van der Waals surface area contributed by atoms with Gasteiger partial charge in [0, 0.05) is 13.1 Å². The molecule has 0 aliphatic carbocycles. The van der Waals surface area contributed by atoms with E-state index in [1.165, 1.54) is 23.1 Å². The number of thioether (sulfide) groups is 1. The zero-order valence-electron chi connectivity index (χ0n) is 16.5. The fourth-order valence-electron chi connectivity index (χ4n) is 3.13. The first kappa shape index (κ1) is 20.4. The van der Waals surface area contributed by atoms with E-state index in [0.29, 0.717) is 34.2 Å². The molecule has 30 heavy (non-hydrogen) atoms. The molecule has 3 heterocycles. The SMILES string of the molecule is CCN(Cc1ccccc1)C(=O)CSc1nc2ccsc2c(=O)n1Cc1ccco1. The van der Waals surface area contributed by atoms with Crippen LogP contribution in [-0.2, 0) is 17.9 Å². The lowest BCUT2D eigenvalue weighted by atomic mass is 10.2. The molecule has 1 amide bonds. The van der Waals surface area contributed by atoms with Gasteiger partial charge in [-0.15, -0.1) is 11.3 Å². The highest BCUT2D eigenvalue weighted by Crippen LogP contribution is 2.22. The van der Waals surface area contributed by atoms with E-state index in [1.807, 2.05) is 54.8 Å². The Morgan fingerprint density at radius 2 is 2.03 bits per heavy atom. The van der Waals surface area contributed by atoms with Crippen molar-refractivity contribution in [2.45, 2.75) is 25.2 Å². The maximum Gasteiger partial charge on any atom is 0.272 e. The molecule has 6 nitrogen and oxygen atoms in total. The summed E-state index contributed by atoms with van der Waals surface area (Å²) in [6.45, 7) is 3.43. The minimum atomic E-state index is -0.113. The van der Waals surface area contributed by atoms with Crippen molar-refractivity contribution in [3.8, 4) is 0 Å². The van der Waals surface area contributed by atoms with Crippen molar-refractivity contribution in [1.29, 1.82) is 0 Å². The molecule has 1 aromatic carbocycles. The summed E-state index contributed by atoms with van der Waals surface area (Å²) < 4.78 is 7.61. The van der Waals surface area contributed by atoms with Gasteiger partial charge in [-0.05, 0) is 36.1 Å². The van der Waals surface area contributed by atoms with Gasteiger partial charge in [0.15, 0.2) is 5.16 Å². The second-order valence-electron chi connectivity index (χ2n) is 6.68. The maximum absolute atomic E-state index is 13.0. The third-order valence-corrected chi connectivity index (χ3v) is 6.55. The highest BCUT2D eigenvalue weighted by molar-refractivity contribution is 7.99. The molecule has 4 rings (SSSR count). The third kappa shape index (κ3) is 4.49. The van der Waals surface area contributed by atoms with Crippen LogP contribution in [-0.4, -0.2) is 32.7 Å². The van der Waals surface area contributed by atoms with Crippen molar-refractivity contribution in [3.63, 3.8) is 0 Å². The number of furan rings is 1. The molecule has 0 unspecified atom stereocenters. The van der Waals surface area contributed by atoms with Gasteiger partial charge < -0.3 is 9.32 Å². The highest BCUT2D eigenvalue weighted by Gasteiger charge is 2.18. The second-order valence-corrected chi connectivity index (χ2v) is 8.54. The molecular weight excluding hydrogens is 418 g/mol. The topological polar surface area (TPSA) is 68.3 Å². The molecule has 0 radical (unpaired) electrons. The van der Waals surface area contributed by atoms with E-state index in [-0.39, 0.29) is 23.8 Å². The molecule has 0 saturated heterocycles. The zero-order chi connectivity index (χ0) is 20.9. The lowest BCUT2D eigenvalue weighted by Gasteiger charge is -2.21. The number of carbonyl (C=O) groups excluding carboxylic acids is 1. The van der Waals surface area contributed by atoms with E-state index in [0.717, 1.165) is 5.56 Å². The van der Waals surface area contributed by atoms with Crippen LogP contribution in [0.3, 0.4) is 0 Å². The zero-order valence-corrected chi connectivity index (χ0v) is 18.1. The molecule has 0 N–H and O–H groups in total. The third-order valence-electron chi connectivity index (χ3n) is 4.70. The van der Waals surface area contributed by atoms with Crippen molar-refractivity contribution in [3.05, 3.63) is 81.9 Å². The van der Waals surface area contributed by atoms with E-state index in [2.05, 4.69) is 4.98 Å². The molecule has 0 fully saturated rings. The van der Waals surface area contributed by atoms with Crippen molar-refractivity contribution in [2.75, 3.05) is 12.3 Å². The smallest absolute Gasteiger partial charge is 0.272 e. The number of hydrogen-bond acceptors (Lipinski definition) is 6. The molecule has 3 aromatic heterocycles. The Morgan fingerprint density at radius 1 is 1.20 bits per heavy atom. The summed E-state index contributed by atoms with van der Waals surface area (Å²) in [4.78, 5) is 32.3. The van der Waals surface area contributed by atoms with Crippen molar-refractivity contribution < 1.29 is 9.21 Å². The molecule has 0 aliphatic heterocycles. The molecule has 4 aromatic rings. The van der Waals surface area contributed by atoms with Crippen LogP contribution in [0, 0.1) is 0 Å². The first-order chi connectivity index (χ1) is 14.7. The van der Waals surface area contributed by atoms with Gasteiger partial charge >= 0.3 is 0 Å². The van der Waals surface area contributed by atoms with Crippen LogP contribution < -0.4 is 5.56 Å². The summed E-state index contributed by atoms with van der Waals surface area (Å²) in [5, 5.41) is 2.38. The Bertz CT molecular complexity index is 1180.